The summed E-state index contributed by atoms with van der Waals surface area (Å²) in [6, 6.07) is 10.8. The van der Waals surface area contributed by atoms with E-state index >= 15 is 0 Å². The first kappa shape index (κ1) is 16.7. The number of hydrogen-bond donors (Lipinski definition) is 0. The second-order valence-electron chi connectivity index (χ2n) is 5.78. The zero-order valence-corrected chi connectivity index (χ0v) is 14.9. The number of halogens is 1. The first-order valence-corrected chi connectivity index (χ1v) is 9.52. The SMILES string of the molecule is O=C1c2ccccc2S(=O)(=O)N1CCn1cnc2ccc(Cl)cc2c1=O. The van der Waals surface area contributed by atoms with E-state index < -0.39 is 15.9 Å². The van der Waals surface area contributed by atoms with Gasteiger partial charge in [-0.1, -0.05) is 23.7 Å². The fourth-order valence-electron chi connectivity index (χ4n) is 2.94. The smallest absolute Gasteiger partial charge is 0.269 e. The van der Waals surface area contributed by atoms with Crippen molar-refractivity contribution in [2.24, 2.45) is 0 Å². The van der Waals surface area contributed by atoms with Crippen LogP contribution in [0.1, 0.15) is 10.4 Å². The number of rotatable bonds is 3. The molecule has 0 saturated carbocycles. The third-order valence-electron chi connectivity index (χ3n) is 4.24. The van der Waals surface area contributed by atoms with E-state index in [0.717, 1.165) is 4.31 Å². The molecule has 0 radical (unpaired) electrons. The van der Waals surface area contributed by atoms with Gasteiger partial charge in [-0.3, -0.25) is 14.2 Å². The maximum Gasteiger partial charge on any atom is 0.269 e. The molecular weight excluding hydrogens is 378 g/mol. The maximum atomic E-state index is 12.6. The van der Waals surface area contributed by atoms with Gasteiger partial charge in [0.1, 0.15) is 4.90 Å². The molecule has 4 rings (SSSR count). The van der Waals surface area contributed by atoms with Crippen LogP contribution in [0.4, 0.5) is 0 Å². The van der Waals surface area contributed by atoms with Crippen molar-refractivity contribution in [3.8, 4) is 0 Å². The molecule has 7 nitrogen and oxygen atoms in total. The van der Waals surface area contributed by atoms with Crippen molar-refractivity contribution in [2.75, 3.05) is 6.54 Å². The molecule has 0 aliphatic carbocycles. The number of benzene rings is 2. The summed E-state index contributed by atoms with van der Waals surface area (Å²) < 4.78 is 27.1. The number of carbonyl (C=O) groups is 1. The van der Waals surface area contributed by atoms with E-state index in [1.165, 1.54) is 29.1 Å². The van der Waals surface area contributed by atoms with E-state index in [1.807, 2.05) is 0 Å². The van der Waals surface area contributed by atoms with Gasteiger partial charge >= 0.3 is 0 Å². The predicted molar refractivity (Wildman–Crippen MR) is 95.7 cm³/mol. The number of hydrogen-bond acceptors (Lipinski definition) is 5. The van der Waals surface area contributed by atoms with Gasteiger partial charge in [0, 0.05) is 11.6 Å². The molecule has 0 spiro atoms. The summed E-state index contributed by atoms with van der Waals surface area (Å²) in [5.74, 6) is -0.592. The molecule has 0 saturated heterocycles. The molecule has 0 unspecified atom stereocenters. The number of amides is 1. The Hall–Kier alpha value is -2.71. The Morgan fingerprint density at radius 1 is 1.04 bits per heavy atom. The normalized spacial score (nSPS) is 15.4. The Labute approximate surface area is 153 Å². The molecule has 2 aromatic carbocycles. The molecule has 0 atom stereocenters. The molecule has 26 heavy (non-hydrogen) atoms. The summed E-state index contributed by atoms with van der Waals surface area (Å²) in [6.45, 7) is -0.170. The fourth-order valence-corrected chi connectivity index (χ4v) is 4.67. The quantitative estimate of drug-likeness (QED) is 0.682. The van der Waals surface area contributed by atoms with E-state index in [9.17, 15) is 18.0 Å². The van der Waals surface area contributed by atoms with Crippen LogP contribution in [0.3, 0.4) is 0 Å². The molecule has 0 bridgehead atoms. The van der Waals surface area contributed by atoms with Crippen molar-refractivity contribution >= 4 is 38.4 Å². The standard InChI is InChI=1S/C17H12ClN3O4S/c18-11-5-6-14-13(9-11)16(22)20(10-19-14)7-8-21-17(23)12-3-1-2-4-15(12)26(21,24)25/h1-6,9-10H,7-8H2. The summed E-state index contributed by atoms with van der Waals surface area (Å²) in [5, 5.41) is 0.737. The van der Waals surface area contributed by atoms with Gasteiger partial charge in [0.2, 0.25) is 0 Å². The van der Waals surface area contributed by atoms with Crippen LogP contribution in [0.15, 0.2) is 58.5 Å². The third kappa shape index (κ3) is 2.49. The van der Waals surface area contributed by atoms with Crippen LogP contribution in [-0.2, 0) is 16.6 Å². The lowest BCUT2D eigenvalue weighted by Crippen LogP contribution is -2.35. The lowest BCUT2D eigenvalue weighted by Gasteiger charge is -2.15. The predicted octanol–water partition coefficient (Wildman–Crippen LogP) is 1.89. The minimum atomic E-state index is -3.90. The Bertz CT molecular complexity index is 1220. The van der Waals surface area contributed by atoms with Crippen molar-refractivity contribution in [1.82, 2.24) is 13.9 Å². The van der Waals surface area contributed by atoms with Crippen molar-refractivity contribution in [3.63, 3.8) is 0 Å². The zero-order valence-electron chi connectivity index (χ0n) is 13.3. The highest BCUT2D eigenvalue weighted by Crippen LogP contribution is 2.29. The first-order chi connectivity index (χ1) is 12.4. The van der Waals surface area contributed by atoms with Crippen molar-refractivity contribution in [3.05, 3.63) is 69.7 Å². The number of sulfonamides is 1. The maximum absolute atomic E-state index is 12.6. The van der Waals surface area contributed by atoms with Crippen LogP contribution < -0.4 is 5.56 Å². The van der Waals surface area contributed by atoms with Gasteiger partial charge in [-0.2, -0.15) is 0 Å². The average Bonchev–Trinajstić information content (AvgIpc) is 2.82. The highest BCUT2D eigenvalue weighted by Gasteiger charge is 2.40. The van der Waals surface area contributed by atoms with Crippen molar-refractivity contribution < 1.29 is 13.2 Å². The lowest BCUT2D eigenvalue weighted by molar-refractivity contribution is 0.0868. The first-order valence-electron chi connectivity index (χ1n) is 7.70. The molecule has 9 heteroatoms. The number of fused-ring (bicyclic) bond motifs is 2. The minimum Gasteiger partial charge on any atom is -0.297 e. The average molecular weight is 390 g/mol. The van der Waals surface area contributed by atoms with Gasteiger partial charge in [0.25, 0.3) is 21.5 Å². The second-order valence-corrected chi connectivity index (χ2v) is 8.05. The van der Waals surface area contributed by atoms with Gasteiger partial charge in [0.05, 0.1) is 29.3 Å². The highest BCUT2D eigenvalue weighted by atomic mass is 35.5. The molecule has 0 fully saturated rings. The van der Waals surface area contributed by atoms with Crippen LogP contribution in [-0.4, -0.2) is 34.7 Å². The van der Waals surface area contributed by atoms with Crippen LogP contribution in [0.25, 0.3) is 10.9 Å². The van der Waals surface area contributed by atoms with Gasteiger partial charge in [-0.25, -0.2) is 17.7 Å². The van der Waals surface area contributed by atoms with E-state index in [1.54, 1.807) is 24.3 Å². The lowest BCUT2D eigenvalue weighted by atomic mass is 10.2. The van der Waals surface area contributed by atoms with Crippen LogP contribution >= 0.6 is 11.6 Å². The summed E-state index contributed by atoms with van der Waals surface area (Å²) in [6.07, 6.45) is 1.33. The number of aromatic nitrogens is 2. The Morgan fingerprint density at radius 2 is 1.81 bits per heavy atom. The molecule has 132 valence electrons. The van der Waals surface area contributed by atoms with Crippen molar-refractivity contribution in [1.29, 1.82) is 0 Å². The van der Waals surface area contributed by atoms with E-state index in [2.05, 4.69) is 4.98 Å². The molecule has 1 amide bonds. The Kier molecular flexibility index (Phi) is 3.82. The summed E-state index contributed by atoms with van der Waals surface area (Å²) in [7, 11) is -3.90. The highest BCUT2D eigenvalue weighted by molar-refractivity contribution is 7.90. The number of nitrogens with zero attached hydrogens (tertiary/aromatic N) is 3. The Balaban J connectivity index is 1.66. The number of carbonyl (C=O) groups excluding carboxylic acids is 1. The van der Waals surface area contributed by atoms with Gasteiger partial charge in [0.15, 0.2) is 0 Å². The van der Waals surface area contributed by atoms with E-state index in [-0.39, 0.29) is 29.1 Å². The largest absolute Gasteiger partial charge is 0.297 e. The van der Waals surface area contributed by atoms with Crippen LogP contribution in [0.2, 0.25) is 5.02 Å². The summed E-state index contributed by atoms with van der Waals surface area (Å²) in [4.78, 5) is 29.1. The van der Waals surface area contributed by atoms with Gasteiger partial charge in [-0.05, 0) is 30.3 Å². The van der Waals surface area contributed by atoms with E-state index in [0.29, 0.717) is 15.9 Å². The van der Waals surface area contributed by atoms with E-state index in [4.69, 9.17) is 11.6 Å². The molecule has 0 N–H and O–H groups in total. The van der Waals surface area contributed by atoms with Gasteiger partial charge < -0.3 is 0 Å². The van der Waals surface area contributed by atoms with Crippen LogP contribution in [0.5, 0.6) is 0 Å². The molecular formula is C17H12ClN3O4S. The van der Waals surface area contributed by atoms with Crippen molar-refractivity contribution in [2.45, 2.75) is 11.4 Å². The molecule has 1 aromatic heterocycles. The Morgan fingerprint density at radius 3 is 2.58 bits per heavy atom. The molecule has 2 heterocycles. The van der Waals surface area contributed by atoms with Gasteiger partial charge in [-0.15, -0.1) is 0 Å². The molecule has 3 aromatic rings. The topological polar surface area (TPSA) is 89.3 Å². The summed E-state index contributed by atoms with van der Waals surface area (Å²) >= 11 is 5.92. The zero-order chi connectivity index (χ0) is 18.5. The monoisotopic (exact) mass is 389 g/mol. The third-order valence-corrected chi connectivity index (χ3v) is 6.32. The molecule has 1 aliphatic heterocycles. The fraction of sp³-hybridized carbons (Fsp3) is 0.118. The second kappa shape index (κ2) is 5.93. The summed E-state index contributed by atoms with van der Waals surface area (Å²) in [5.41, 5.74) is 0.287. The minimum absolute atomic E-state index is 0.00670. The molecule has 1 aliphatic rings. The van der Waals surface area contributed by atoms with Crippen LogP contribution in [0, 0.1) is 0 Å².